The van der Waals surface area contributed by atoms with E-state index in [2.05, 4.69) is 4.98 Å². The van der Waals surface area contributed by atoms with Crippen LogP contribution in [0, 0.1) is 0 Å². The van der Waals surface area contributed by atoms with E-state index in [-0.39, 0.29) is 11.3 Å². The van der Waals surface area contributed by atoms with Crippen LogP contribution >= 0.6 is 0 Å². The van der Waals surface area contributed by atoms with Gasteiger partial charge in [0.2, 0.25) is 0 Å². The summed E-state index contributed by atoms with van der Waals surface area (Å²) in [7, 11) is -9.69. The van der Waals surface area contributed by atoms with Crippen molar-refractivity contribution < 1.29 is 65.9 Å². The van der Waals surface area contributed by atoms with E-state index >= 15 is 0 Å². The van der Waals surface area contributed by atoms with E-state index in [4.69, 9.17) is 0 Å². The molecular formula is C26H27N3O14S2. The molecule has 0 saturated heterocycles. The van der Waals surface area contributed by atoms with Crippen molar-refractivity contribution >= 4 is 38.1 Å². The minimum atomic E-state index is -4.88. The lowest BCUT2D eigenvalue weighted by molar-refractivity contribution is -0.147. The Hall–Kier alpha value is -4.66. The van der Waals surface area contributed by atoms with E-state index in [0.717, 1.165) is 40.1 Å². The number of hydrogen-bond donors (Lipinski definition) is 7. The minimum absolute atomic E-state index is 0.0691. The molecule has 0 saturated carbocycles. The standard InChI is InChI=1S/C26H27N3O14S2/c30-20-6-4-15(44(38,39)40)11-17(20)24(19-3-1-2-8-27-19)28(13-22(32)33)9-10-29(14-23(34)35)25(26(36)37)18-12-16(45(41,42)43)5-7-21(18)31/h1-8,11-12,24-25,30-31H,9-10,13-14H2,(H,32,33)(H,34,35)(H,36,37)(H,38,39,40)(H,41,42,43)/t24?,25-/m0/s1. The van der Waals surface area contributed by atoms with E-state index in [1.807, 2.05) is 0 Å². The highest BCUT2D eigenvalue weighted by Crippen LogP contribution is 2.36. The first-order valence-corrected chi connectivity index (χ1v) is 15.4. The highest BCUT2D eigenvalue weighted by molar-refractivity contribution is 7.86. The van der Waals surface area contributed by atoms with Gasteiger partial charge in [-0.15, -0.1) is 0 Å². The first kappa shape index (κ1) is 34.8. The first-order chi connectivity index (χ1) is 20.9. The maximum absolute atomic E-state index is 12.4. The van der Waals surface area contributed by atoms with E-state index < -0.39 is 103 Å². The Morgan fingerprint density at radius 3 is 1.67 bits per heavy atom. The van der Waals surface area contributed by atoms with Crippen LogP contribution in [0.3, 0.4) is 0 Å². The first-order valence-electron chi connectivity index (χ1n) is 12.6. The van der Waals surface area contributed by atoms with Crippen molar-refractivity contribution in [3.8, 4) is 11.5 Å². The molecule has 17 nitrogen and oxygen atoms in total. The second-order valence-corrected chi connectivity index (χ2v) is 12.4. The van der Waals surface area contributed by atoms with Gasteiger partial charge in [-0.25, -0.2) is 0 Å². The Bertz CT molecular complexity index is 1800. The summed E-state index contributed by atoms with van der Waals surface area (Å²) in [6.45, 7) is -2.96. The number of pyridine rings is 1. The second kappa shape index (κ2) is 14.0. The highest BCUT2D eigenvalue weighted by atomic mass is 32.2. The van der Waals surface area contributed by atoms with Crippen LogP contribution in [0.5, 0.6) is 11.5 Å². The van der Waals surface area contributed by atoms with Crippen molar-refractivity contribution in [1.82, 2.24) is 14.8 Å². The number of nitrogens with zero attached hydrogens (tertiary/aromatic N) is 3. The average Bonchev–Trinajstić information content (AvgIpc) is 2.92. The fourth-order valence-electron chi connectivity index (χ4n) is 4.59. The topological polar surface area (TPSA) is 280 Å². The summed E-state index contributed by atoms with van der Waals surface area (Å²) >= 11 is 0. The van der Waals surface area contributed by atoms with E-state index in [9.17, 15) is 65.9 Å². The maximum atomic E-state index is 12.4. The summed E-state index contributed by atoms with van der Waals surface area (Å²) < 4.78 is 66.1. The van der Waals surface area contributed by atoms with Crippen molar-refractivity contribution in [3.63, 3.8) is 0 Å². The Balaban J connectivity index is 2.16. The van der Waals surface area contributed by atoms with Gasteiger partial charge in [0, 0.05) is 30.4 Å². The maximum Gasteiger partial charge on any atom is 0.325 e. The molecule has 242 valence electrons. The van der Waals surface area contributed by atoms with Gasteiger partial charge in [-0.05, 0) is 48.5 Å². The molecule has 3 aromatic rings. The smallest absolute Gasteiger partial charge is 0.325 e. The van der Waals surface area contributed by atoms with Gasteiger partial charge in [-0.3, -0.25) is 38.3 Å². The molecule has 1 heterocycles. The highest BCUT2D eigenvalue weighted by Gasteiger charge is 2.35. The lowest BCUT2D eigenvalue weighted by Gasteiger charge is -2.34. The third kappa shape index (κ3) is 8.94. The number of rotatable bonds is 15. The van der Waals surface area contributed by atoms with Crippen LogP contribution in [0.4, 0.5) is 0 Å². The molecule has 0 spiro atoms. The van der Waals surface area contributed by atoms with Crippen molar-refractivity contribution in [1.29, 1.82) is 0 Å². The van der Waals surface area contributed by atoms with Crippen molar-refractivity contribution in [2.45, 2.75) is 21.9 Å². The molecule has 0 radical (unpaired) electrons. The Labute approximate surface area is 255 Å². The quantitative estimate of drug-likeness (QED) is 0.109. The number of aliphatic carboxylic acids is 3. The number of aromatic nitrogens is 1. The number of phenols is 2. The second-order valence-electron chi connectivity index (χ2n) is 9.52. The van der Waals surface area contributed by atoms with Gasteiger partial charge in [-0.2, -0.15) is 16.8 Å². The fourth-order valence-corrected chi connectivity index (χ4v) is 5.63. The van der Waals surface area contributed by atoms with Crippen molar-refractivity contribution in [2.75, 3.05) is 26.2 Å². The van der Waals surface area contributed by atoms with Gasteiger partial charge >= 0.3 is 17.9 Å². The molecule has 3 rings (SSSR count). The number of aromatic hydroxyl groups is 2. The molecule has 1 aromatic heterocycles. The molecule has 19 heteroatoms. The van der Waals surface area contributed by atoms with Gasteiger partial charge in [-0.1, -0.05) is 6.07 Å². The van der Waals surface area contributed by atoms with Gasteiger partial charge < -0.3 is 25.5 Å². The third-order valence-corrected chi connectivity index (χ3v) is 8.17. The average molecular weight is 670 g/mol. The zero-order valence-electron chi connectivity index (χ0n) is 22.9. The van der Waals surface area contributed by atoms with Crippen LogP contribution in [0.1, 0.15) is 28.9 Å². The Morgan fingerprint density at radius 1 is 0.711 bits per heavy atom. The Morgan fingerprint density at radius 2 is 1.20 bits per heavy atom. The summed E-state index contributed by atoms with van der Waals surface area (Å²) in [5, 5.41) is 50.5. The molecule has 2 aromatic carbocycles. The molecular weight excluding hydrogens is 642 g/mol. The van der Waals surface area contributed by atoms with E-state index in [1.54, 1.807) is 0 Å². The zero-order valence-corrected chi connectivity index (χ0v) is 24.5. The molecule has 0 aliphatic rings. The predicted octanol–water partition coefficient (Wildman–Crippen LogP) is 0.675. The molecule has 0 amide bonds. The van der Waals surface area contributed by atoms with Crippen molar-refractivity contribution in [2.24, 2.45) is 0 Å². The van der Waals surface area contributed by atoms with Gasteiger partial charge in [0.25, 0.3) is 20.2 Å². The number of carboxylic acids is 3. The monoisotopic (exact) mass is 669 g/mol. The molecule has 45 heavy (non-hydrogen) atoms. The molecule has 7 N–H and O–H groups in total. The van der Waals surface area contributed by atoms with Gasteiger partial charge in [0.05, 0.1) is 34.6 Å². The lowest BCUT2D eigenvalue weighted by Crippen LogP contribution is -2.45. The minimum Gasteiger partial charge on any atom is -0.508 e. The van der Waals surface area contributed by atoms with Crippen LogP contribution in [-0.4, -0.2) is 110 Å². The zero-order chi connectivity index (χ0) is 33.7. The predicted molar refractivity (Wildman–Crippen MR) is 151 cm³/mol. The molecule has 0 aliphatic carbocycles. The summed E-state index contributed by atoms with van der Waals surface area (Å²) in [5.74, 6) is -6.05. The SMILES string of the molecule is O=C(O)CN(CCN(CC(=O)O)[C@H](C(=O)O)c1cc(S(=O)(=O)O)ccc1O)C(c1ccccn1)c1cc(S(=O)(=O)O)ccc1O. The summed E-state index contributed by atoms with van der Waals surface area (Å²) in [5.41, 5.74) is -0.772. The fraction of sp³-hybridized carbons (Fsp3) is 0.231. The summed E-state index contributed by atoms with van der Waals surface area (Å²) in [4.78, 5) is 40.8. The number of carbonyl (C=O) groups is 3. The molecule has 2 atom stereocenters. The van der Waals surface area contributed by atoms with Crippen LogP contribution in [-0.2, 0) is 34.6 Å². The van der Waals surface area contributed by atoms with Crippen LogP contribution < -0.4 is 0 Å². The van der Waals surface area contributed by atoms with Crippen LogP contribution in [0.15, 0.2) is 70.6 Å². The van der Waals surface area contributed by atoms with Crippen molar-refractivity contribution in [3.05, 3.63) is 77.6 Å². The summed E-state index contributed by atoms with van der Waals surface area (Å²) in [6.07, 6.45) is 1.31. The normalized spacial score (nSPS) is 13.4. The summed E-state index contributed by atoms with van der Waals surface area (Å²) in [6, 6.07) is 5.94. The van der Waals surface area contributed by atoms with Gasteiger partial charge in [0.15, 0.2) is 0 Å². The largest absolute Gasteiger partial charge is 0.508 e. The van der Waals surface area contributed by atoms with Gasteiger partial charge in [0.1, 0.15) is 17.5 Å². The Kier molecular flexibility index (Phi) is 10.8. The third-order valence-electron chi connectivity index (χ3n) is 6.47. The van der Waals surface area contributed by atoms with Crippen LogP contribution in [0.25, 0.3) is 0 Å². The number of benzene rings is 2. The molecule has 0 fully saturated rings. The van der Waals surface area contributed by atoms with E-state index in [0.29, 0.717) is 6.07 Å². The number of hydrogen-bond acceptors (Lipinski definition) is 12. The molecule has 1 unspecified atom stereocenters. The number of carboxylic acid groups (broad SMARTS) is 3. The molecule has 0 bridgehead atoms. The van der Waals surface area contributed by atoms with Crippen LogP contribution in [0.2, 0.25) is 0 Å². The molecule has 0 aliphatic heterocycles. The van der Waals surface area contributed by atoms with E-state index in [1.165, 1.54) is 24.4 Å². The number of phenolic OH excluding ortho intramolecular Hbond substituents is 2. The lowest BCUT2D eigenvalue weighted by atomic mass is 9.99.